The Hall–Kier alpha value is -1.54. The van der Waals surface area contributed by atoms with E-state index in [0.29, 0.717) is 0 Å². The van der Waals surface area contributed by atoms with Gasteiger partial charge in [-0.2, -0.15) is 0 Å². The van der Waals surface area contributed by atoms with Crippen molar-refractivity contribution in [2.24, 2.45) is 5.73 Å². The van der Waals surface area contributed by atoms with Crippen LogP contribution in [0.15, 0.2) is 41.2 Å². The molecule has 0 saturated heterocycles. The van der Waals surface area contributed by atoms with Gasteiger partial charge in [0.1, 0.15) is 0 Å². The second-order valence-corrected chi connectivity index (χ2v) is 4.25. The standard InChI is InChI=1S/C14H17NO/c1-10-4-3-5-11(2)14(10)13(15)8-12-6-7-16-9-12/h3-7,9,13H,8,15H2,1-2H3. The molecule has 2 nitrogen and oxygen atoms in total. The minimum Gasteiger partial charge on any atom is -0.472 e. The van der Waals surface area contributed by atoms with Crippen LogP contribution >= 0.6 is 0 Å². The summed E-state index contributed by atoms with van der Waals surface area (Å²) in [7, 11) is 0. The maximum Gasteiger partial charge on any atom is 0.0935 e. The van der Waals surface area contributed by atoms with Gasteiger partial charge in [-0.25, -0.2) is 0 Å². The highest BCUT2D eigenvalue weighted by Crippen LogP contribution is 2.23. The lowest BCUT2D eigenvalue weighted by molar-refractivity contribution is 0.561. The van der Waals surface area contributed by atoms with E-state index in [-0.39, 0.29) is 6.04 Å². The molecule has 0 radical (unpaired) electrons. The molecule has 0 fully saturated rings. The minimum absolute atomic E-state index is 0.0406. The van der Waals surface area contributed by atoms with Gasteiger partial charge in [0.05, 0.1) is 12.5 Å². The molecule has 0 aliphatic carbocycles. The highest BCUT2D eigenvalue weighted by atomic mass is 16.3. The SMILES string of the molecule is Cc1cccc(C)c1C(N)Cc1ccoc1. The Labute approximate surface area is 96.1 Å². The number of hydrogen-bond acceptors (Lipinski definition) is 2. The number of aryl methyl sites for hydroxylation is 2. The van der Waals surface area contributed by atoms with Crippen LogP contribution in [0.5, 0.6) is 0 Å². The third-order valence-corrected chi connectivity index (χ3v) is 2.95. The predicted octanol–water partition coefficient (Wildman–Crippen LogP) is 3.14. The molecule has 1 aromatic heterocycles. The molecule has 84 valence electrons. The highest BCUT2D eigenvalue weighted by molar-refractivity contribution is 5.36. The summed E-state index contributed by atoms with van der Waals surface area (Å²) in [5.41, 5.74) is 11.2. The molecule has 1 unspecified atom stereocenters. The molecule has 0 aliphatic rings. The molecule has 0 amide bonds. The summed E-state index contributed by atoms with van der Waals surface area (Å²) in [4.78, 5) is 0. The Kier molecular flexibility index (Phi) is 3.11. The molecule has 2 rings (SSSR count). The summed E-state index contributed by atoms with van der Waals surface area (Å²) in [6.45, 7) is 4.22. The van der Waals surface area contributed by atoms with Crippen LogP contribution in [0.3, 0.4) is 0 Å². The number of rotatable bonds is 3. The van der Waals surface area contributed by atoms with E-state index in [1.165, 1.54) is 16.7 Å². The maximum atomic E-state index is 6.25. The fourth-order valence-corrected chi connectivity index (χ4v) is 2.18. The van der Waals surface area contributed by atoms with Crippen molar-refractivity contribution >= 4 is 0 Å². The van der Waals surface area contributed by atoms with E-state index in [9.17, 15) is 0 Å². The second-order valence-electron chi connectivity index (χ2n) is 4.25. The molecule has 0 bridgehead atoms. The Morgan fingerprint density at radius 3 is 2.44 bits per heavy atom. The Balaban J connectivity index is 2.24. The van der Waals surface area contributed by atoms with Crippen molar-refractivity contribution in [1.29, 1.82) is 0 Å². The van der Waals surface area contributed by atoms with Gasteiger partial charge in [-0.1, -0.05) is 18.2 Å². The zero-order valence-electron chi connectivity index (χ0n) is 9.73. The average Bonchev–Trinajstić information content (AvgIpc) is 2.70. The van der Waals surface area contributed by atoms with Gasteiger partial charge in [-0.15, -0.1) is 0 Å². The van der Waals surface area contributed by atoms with Gasteiger partial charge >= 0.3 is 0 Å². The molecule has 2 N–H and O–H groups in total. The summed E-state index contributed by atoms with van der Waals surface area (Å²) in [5, 5.41) is 0. The van der Waals surface area contributed by atoms with Crippen molar-refractivity contribution in [3.63, 3.8) is 0 Å². The van der Waals surface area contributed by atoms with E-state index in [0.717, 1.165) is 12.0 Å². The molecular formula is C14H17NO. The maximum absolute atomic E-state index is 6.25. The zero-order chi connectivity index (χ0) is 11.5. The minimum atomic E-state index is 0.0406. The molecule has 2 heteroatoms. The van der Waals surface area contributed by atoms with Gasteiger partial charge in [0.2, 0.25) is 0 Å². The summed E-state index contributed by atoms with van der Waals surface area (Å²) in [6, 6.07) is 8.29. The first-order chi connectivity index (χ1) is 7.68. The van der Waals surface area contributed by atoms with Gasteiger partial charge in [-0.3, -0.25) is 0 Å². The van der Waals surface area contributed by atoms with Crippen LogP contribution < -0.4 is 5.73 Å². The van der Waals surface area contributed by atoms with Crippen LogP contribution in [0.25, 0.3) is 0 Å². The van der Waals surface area contributed by atoms with Crippen LogP contribution in [-0.4, -0.2) is 0 Å². The van der Waals surface area contributed by atoms with Gasteiger partial charge < -0.3 is 10.2 Å². The van der Waals surface area contributed by atoms with Crippen molar-refractivity contribution in [2.75, 3.05) is 0 Å². The third kappa shape index (κ3) is 2.17. The fourth-order valence-electron chi connectivity index (χ4n) is 2.18. The van der Waals surface area contributed by atoms with Crippen LogP contribution in [0.4, 0.5) is 0 Å². The monoisotopic (exact) mass is 215 g/mol. The smallest absolute Gasteiger partial charge is 0.0935 e. The van der Waals surface area contributed by atoms with Crippen LogP contribution in [0.2, 0.25) is 0 Å². The molecule has 0 saturated carbocycles. The predicted molar refractivity (Wildman–Crippen MR) is 65.3 cm³/mol. The summed E-state index contributed by atoms with van der Waals surface area (Å²) < 4.78 is 5.06. The first-order valence-electron chi connectivity index (χ1n) is 5.51. The fraction of sp³-hybridized carbons (Fsp3) is 0.286. The zero-order valence-corrected chi connectivity index (χ0v) is 9.73. The summed E-state index contributed by atoms with van der Waals surface area (Å²) >= 11 is 0. The van der Waals surface area contributed by atoms with E-state index >= 15 is 0 Å². The molecule has 0 spiro atoms. The van der Waals surface area contributed by atoms with Crippen molar-refractivity contribution in [2.45, 2.75) is 26.3 Å². The normalized spacial score (nSPS) is 12.7. The number of benzene rings is 1. The van der Waals surface area contributed by atoms with Crippen molar-refractivity contribution in [3.8, 4) is 0 Å². The summed E-state index contributed by atoms with van der Waals surface area (Å²) in [6.07, 6.45) is 4.27. The largest absolute Gasteiger partial charge is 0.472 e. The van der Waals surface area contributed by atoms with Crippen LogP contribution in [-0.2, 0) is 6.42 Å². The molecular weight excluding hydrogens is 198 g/mol. The molecule has 16 heavy (non-hydrogen) atoms. The molecule has 1 heterocycles. The lowest BCUT2D eigenvalue weighted by Gasteiger charge is -2.16. The van der Waals surface area contributed by atoms with Crippen molar-refractivity contribution in [1.82, 2.24) is 0 Å². The number of furan rings is 1. The summed E-state index contributed by atoms with van der Waals surface area (Å²) in [5.74, 6) is 0. The van der Waals surface area contributed by atoms with Gasteiger partial charge in [0.25, 0.3) is 0 Å². The third-order valence-electron chi connectivity index (χ3n) is 2.95. The van der Waals surface area contributed by atoms with Gasteiger partial charge in [0, 0.05) is 6.04 Å². The van der Waals surface area contributed by atoms with E-state index in [4.69, 9.17) is 10.2 Å². The van der Waals surface area contributed by atoms with Gasteiger partial charge in [-0.05, 0) is 48.6 Å². The number of nitrogens with two attached hydrogens (primary N) is 1. The second kappa shape index (κ2) is 4.54. The topological polar surface area (TPSA) is 39.2 Å². The first-order valence-corrected chi connectivity index (χ1v) is 5.51. The lowest BCUT2D eigenvalue weighted by Crippen LogP contribution is -2.15. The molecule has 2 aromatic rings. The van der Waals surface area contributed by atoms with Crippen molar-refractivity contribution in [3.05, 3.63) is 59.0 Å². The van der Waals surface area contributed by atoms with Crippen LogP contribution in [0.1, 0.15) is 28.3 Å². The molecule has 0 aliphatic heterocycles. The first kappa shape index (κ1) is 11.0. The van der Waals surface area contributed by atoms with Crippen molar-refractivity contribution < 1.29 is 4.42 Å². The Bertz CT molecular complexity index is 439. The molecule has 1 aromatic carbocycles. The average molecular weight is 215 g/mol. The van der Waals surface area contributed by atoms with E-state index in [1.807, 2.05) is 6.07 Å². The lowest BCUT2D eigenvalue weighted by atomic mass is 9.93. The molecule has 1 atom stereocenters. The highest BCUT2D eigenvalue weighted by Gasteiger charge is 2.12. The van der Waals surface area contributed by atoms with E-state index < -0.39 is 0 Å². The quantitative estimate of drug-likeness (QED) is 0.854. The Morgan fingerprint density at radius 2 is 1.88 bits per heavy atom. The van der Waals surface area contributed by atoms with Gasteiger partial charge in [0.15, 0.2) is 0 Å². The van der Waals surface area contributed by atoms with Crippen LogP contribution in [0, 0.1) is 13.8 Å². The van der Waals surface area contributed by atoms with E-state index in [2.05, 4.69) is 32.0 Å². The number of hydrogen-bond donors (Lipinski definition) is 1. The Morgan fingerprint density at radius 1 is 1.19 bits per heavy atom. The van der Waals surface area contributed by atoms with E-state index in [1.54, 1.807) is 12.5 Å².